The third-order valence-electron chi connectivity index (χ3n) is 4.37. The standard InChI is InChI=1S/C19H18N4O3/c1-12-5-2-3-6-14(12)20-16(24)11-23-15(7-4-8-17(23)25)19-21-18(22-26-19)13-9-10-13/h2-8,13H,9-11H2,1H3,(H,20,24). The summed E-state index contributed by atoms with van der Waals surface area (Å²) < 4.78 is 6.66. The van der Waals surface area contributed by atoms with Crippen molar-refractivity contribution >= 4 is 11.6 Å². The fraction of sp³-hybridized carbons (Fsp3) is 0.263. The van der Waals surface area contributed by atoms with Gasteiger partial charge in [0.15, 0.2) is 5.82 Å². The van der Waals surface area contributed by atoms with Crippen LogP contribution in [0.2, 0.25) is 0 Å². The van der Waals surface area contributed by atoms with Gasteiger partial charge in [0, 0.05) is 17.7 Å². The molecular formula is C19H18N4O3. The Kier molecular flexibility index (Phi) is 4.12. The van der Waals surface area contributed by atoms with Crippen molar-refractivity contribution in [1.29, 1.82) is 0 Å². The van der Waals surface area contributed by atoms with Gasteiger partial charge >= 0.3 is 0 Å². The van der Waals surface area contributed by atoms with Gasteiger partial charge in [0.2, 0.25) is 5.91 Å². The van der Waals surface area contributed by atoms with Crippen LogP contribution in [0.15, 0.2) is 51.8 Å². The first-order chi connectivity index (χ1) is 12.6. The molecule has 7 heteroatoms. The average molecular weight is 350 g/mol. The van der Waals surface area contributed by atoms with Crippen LogP contribution in [-0.2, 0) is 11.3 Å². The number of carbonyl (C=O) groups excluding carboxylic acids is 1. The predicted octanol–water partition coefficient (Wildman–Crippen LogP) is 2.72. The molecule has 0 saturated heterocycles. The Morgan fingerprint density at radius 2 is 2.04 bits per heavy atom. The number of aryl methyl sites for hydroxylation is 1. The van der Waals surface area contributed by atoms with Gasteiger partial charge in [-0.1, -0.05) is 29.4 Å². The number of hydrogen-bond donors (Lipinski definition) is 1. The van der Waals surface area contributed by atoms with Crippen molar-refractivity contribution in [2.45, 2.75) is 32.2 Å². The molecule has 4 rings (SSSR count). The minimum absolute atomic E-state index is 0.134. The largest absolute Gasteiger partial charge is 0.332 e. The van der Waals surface area contributed by atoms with E-state index in [0.29, 0.717) is 17.4 Å². The van der Waals surface area contributed by atoms with Crippen molar-refractivity contribution in [3.8, 4) is 11.6 Å². The molecule has 26 heavy (non-hydrogen) atoms. The zero-order valence-corrected chi connectivity index (χ0v) is 14.3. The van der Waals surface area contributed by atoms with Crippen LogP contribution in [0.1, 0.15) is 30.1 Å². The summed E-state index contributed by atoms with van der Waals surface area (Å²) in [5.74, 6) is 0.969. The molecule has 132 valence electrons. The van der Waals surface area contributed by atoms with Crippen LogP contribution in [0.5, 0.6) is 0 Å². The summed E-state index contributed by atoms with van der Waals surface area (Å²) in [5, 5.41) is 6.81. The van der Waals surface area contributed by atoms with Crippen LogP contribution in [0.25, 0.3) is 11.6 Å². The van der Waals surface area contributed by atoms with Crippen molar-refractivity contribution in [2.75, 3.05) is 5.32 Å². The van der Waals surface area contributed by atoms with Crippen LogP contribution in [0.4, 0.5) is 5.69 Å². The number of para-hydroxylation sites is 1. The summed E-state index contributed by atoms with van der Waals surface area (Å²) in [7, 11) is 0. The number of anilines is 1. The lowest BCUT2D eigenvalue weighted by molar-refractivity contribution is -0.116. The number of pyridine rings is 1. The number of nitrogens with one attached hydrogen (secondary N) is 1. The molecule has 3 aromatic rings. The van der Waals surface area contributed by atoms with Gasteiger partial charge in [-0.15, -0.1) is 0 Å². The molecule has 1 aliphatic rings. The molecule has 1 saturated carbocycles. The van der Waals surface area contributed by atoms with E-state index >= 15 is 0 Å². The number of aromatic nitrogens is 3. The molecule has 1 aliphatic carbocycles. The molecule has 0 aliphatic heterocycles. The van der Waals surface area contributed by atoms with E-state index in [1.807, 2.05) is 31.2 Å². The van der Waals surface area contributed by atoms with Crippen LogP contribution < -0.4 is 10.9 Å². The molecule has 1 N–H and O–H groups in total. The Hall–Kier alpha value is -3.22. The topological polar surface area (TPSA) is 90.0 Å². The minimum Gasteiger partial charge on any atom is -0.332 e. The first-order valence-corrected chi connectivity index (χ1v) is 8.51. The van der Waals surface area contributed by atoms with E-state index in [0.717, 1.165) is 24.1 Å². The summed E-state index contributed by atoms with van der Waals surface area (Å²) in [6, 6.07) is 12.2. The third kappa shape index (κ3) is 3.28. The molecule has 7 nitrogen and oxygen atoms in total. The zero-order chi connectivity index (χ0) is 18.1. The maximum Gasteiger partial charge on any atom is 0.274 e. The molecule has 1 fully saturated rings. The Morgan fingerprint density at radius 1 is 1.23 bits per heavy atom. The number of rotatable bonds is 5. The molecule has 1 aromatic carbocycles. The third-order valence-corrected chi connectivity index (χ3v) is 4.37. The van der Waals surface area contributed by atoms with Crippen LogP contribution >= 0.6 is 0 Å². The van der Waals surface area contributed by atoms with Gasteiger partial charge in [-0.05, 0) is 37.5 Å². The normalized spacial score (nSPS) is 13.6. The number of benzene rings is 1. The Morgan fingerprint density at radius 3 is 2.81 bits per heavy atom. The lowest BCUT2D eigenvalue weighted by Gasteiger charge is -2.11. The van der Waals surface area contributed by atoms with Crippen LogP contribution in [-0.4, -0.2) is 20.6 Å². The molecule has 0 unspecified atom stereocenters. The highest BCUT2D eigenvalue weighted by molar-refractivity contribution is 5.91. The van der Waals surface area contributed by atoms with Gasteiger partial charge < -0.3 is 9.84 Å². The van der Waals surface area contributed by atoms with Gasteiger partial charge in [0.1, 0.15) is 12.2 Å². The zero-order valence-electron chi connectivity index (χ0n) is 14.3. The quantitative estimate of drug-likeness (QED) is 0.764. The molecule has 0 bridgehead atoms. The van der Waals surface area contributed by atoms with Gasteiger partial charge in [0.25, 0.3) is 11.4 Å². The maximum absolute atomic E-state index is 12.5. The van der Waals surface area contributed by atoms with Gasteiger partial charge in [-0.2, -0.15) is 4.98 Å². The van der Waals surface area contributed by atoms with Gasteiger partial charge in [-0.25, -0.2) is 0 Å². The summed E-state index contributed by atoms with van der Waals surface area (Å²) in [4.78, 5) is 29.2. The first kappa shape index (κ1) is 16.3. The maximum atomic E-state index is 12.5. The fourth-order valence-electron chi connectivity index (χ4n) is 2.76. The number of hydrogen-bond acceptors (Lipinski definition) is 5. The lowest BCUT2D eigenvalue weighted by Crippen LogP contribution is -2.28. The monoisotopic (exact) mass is 350 g/mol. The van der Waals surface area contributed by atoms with Crippen molar-refractivity contribution < 1.29 is 9.32 Å². The fourth-order valence-corrected chi connectivity index (χ4v) is 2.76. The highest BCUT2D eigenvalue weighted by atomic mass is 16.5. The predicted molar refractivity (Wildman–Crippen MR) is 95.8 cm³/mol. The second kappa shape index (κ2) is 6.59. The molecule has 2 aromatic heterocycles. The molecule has 0 spiro atoms. The van der Waals surface area contributed by atoms with Crippen molar-refractivity contribution in [3.63, 3.8) is 0 Å². The summed E-state index contributed by atoms with van der Waals surface area (Å²) in [5.41, 5.74) is 1.81. The van der Waals surface area contributed by atoms with Crippen molar-refractivity contribution in [2.24, 2.45) is 0 Å². The number of carbonyl (C=O) groups is 1. The van der Waals surface area contributed by atoms with Crippen molar-refractivity contribution in [3.05, 3.63) is 64.2 Å². The second-order valence-electron chi connectivity index (χ2n) is 6.43. The number of amides is 1. The molecule has 0 atom stereocenters. The summed E-state index contributed by atoms with van der Waals surface area (Å²) in [6.45, 7) is 1.78. The average Bonchev–Trinajstić information content (AvgIpc) is 3.36. The summed E-state index contributed by atoms with van der Waals surface area (Å²) >= 11 is 0. The van der Waals surface area contributed by atoms with Gasteiger partial charge in [0.05, 0.1) is 0 Å². The van der Waals surface area contributed by atoms with Crippen LogP contribution in [0.3, 0.4) is 0 Å². The second-order valence-corrected chi connectivity index (χ2v) is 6.43. The highest BCUT2D eigenvalue weighted by Crippen LogP contribution is 2.38. The van der Waals surface area contributed by atoms with E-state index < -0.39 is 0 Å². The molecule has 2 heterocycles. The van der Waals surface area contributed by atoms with E-state index in [1.165, 1.54) is 10.6 Å². The minimum atomic E-state index is -0.298. The van der Waals surface area contributed by atoms with Crippen LogP contribution in [0, 0.1) is 6.92 Å². The van der Waals surface area contributed by atoms with E-state index in [4.69, 9.17) is 4.52 Å². The summed E-state index contributed by atoms with van der Waals surface area (Å²) in [6.07, 6.45) is 2.11. The first-order valence-electron chi connectivity index (χ1n) is 8.51. The smallest absolute Gasteiger partial charge is 0.274 e. The van der Waals surface area contributed by atoms with Crippen molar-refractivity contribution in [1.82, 2.24) is 14.7 Å². The SMILES string of the molecule is Cc1ccccc1NC(=O)Cn1c(-c2nc(C3CC3)no2)cccc1=O. The molecular weight excluding hydrogens is 332 g/mol. The lowest BCUT2D eigenvalue weighted by atomic mass is 10.2. The van der Waals surface area contributed by atoms with Gasteiger partial charge in [-0.3, -0.25) is 14.2 Å². The number of nitrogens with zero attached hydrogens (tertiary/aromatic N) is 3. The Labute approximate surface area is 149 Å². The Balaban J connectivity index is 1.60. The molecule has 0 radical (unpaired) electrons. The van der Waals surface area contributed by atoms with E-state index in [2.05, 4.69) is 15.5 Å². The Bertz CT molecular complexity index is 1020. The van der Waals surface area contributed by atoms with E-state index in [-0.39, 0.29) is 23.9 Å². The van der Waals surface area contributed by atoms with E-state index in [9.17, 15) is 9.59 Å². The highest BCUT2D eigenvalue weighted by Gasteiger charge is 2.29. The molecule has 1 amide bonds. The van der Waals surface area contributed by atoms with E-state index in [1.54, 1.807) is 12.1 Å².